The molecule has 2 aliphatic rings. The van der Waals surface area contributed by atoms with Gasteiger partial charge in [-0.15, -0.1) is 0 Å². The number of aromatic carboxylic acids is 1. The average Bonchev–Trinajstić information content (AvgIpc) is 3.64. The summed E-state index contributed by atoms with van der Waals surface area (Å²) < 4.78 is 0. The van der Waals surface area contributed by atoms with Crippen LogP contribution in [0.4, 0.5) is 11.5 Å². The van der Waals surface area contributed by atoms with E-state index in [2.05, 4.69) is 27.4 Å². The summed E-state index contributed by atoms with van der Waals surface area (Å²) in [5.74, 6) is -0.328. The second-order valence-corrected chi connectivity index (χ2v) is 8.80. The van der Waals surface area contributed by atoms with Gasteiger partial charge in [-0.3, -0.25) is 14.5 Å². The van der Waals surface area contributed by atoms with E-state index in [1.165, 1.54) is 0 Å². The maximum atomic E-state index is 12.1. The number of nitrogens with one attached hydrogen (secondary N) is 2. The lowest BCUT2D eigenvalue weighted by Crippen LogP contribution is -2.49. The second-order valence-electron chi connectivity index (χ2n) is 8.80. The first-order valence-electron chi connectivity index (χ1n) is 11.7. The molecule has 1 aromatic carbocycles. The Kier molecular flexibility index (Phi) is 7.08. The van der Waals surface area contributed by atoms with Gasteiger partial charge in [0.2, 0.25) is 11.8 Å². The third-order valence-electron chi connectivity index (χ3n) is 6.16. The minimum atomic E-state index is -1.03. The molecule has 33 heavy (non-hydrogen) atoms. The van der Waals surface area contributed by atoms with Crippen LogP contribution in [0, 0.1) is 5.92 Å². The number of carboxylic acids is 1. The molecule has 2 heterocycles. The van der Waals surface area contributed by atoms with Crippen LogP contribution < -0.4 is 15.5 Å². The van der Waals surface area contributed by atoms with Gasteiger partial charge in [-0.1, -0.05) is 13.3 Å². The summed E-state index contributed by atoms with van der Waals surface area (Å²) in [6, 6.07) is 6.81. The fourth-order valence-electron chi connectivity index (χ4n) is 4.02. The number of carbonyl (C=O) groups is 3. The molecule has 1 saturated heterocycles. The van der Waals surface area contributed by atoms with Crippen molar-refractivity contribution in [3.05, 3.63) is 29.8 Å². The van der Waals surface area contributed by atoms with Crippen molar-refractivity contribution in [3.63, 3.8) is 0 Å². The smallest absolute Gasteiger partial charge is 0.336 e. The lowest BCUT2D eigenvalue weighted by molar-refractivity contribution is -0.122. The molecule has 3 N–H and O–H groups in total. The van der Waals surface area contributed by atoms with Gasteiger partial charge in [0.05, 0.1) is 17.6 Å². The van der Waals surface area contributed by atoms with Crippen LogP contribution in [0.2, 0.25) is 0 Å². The molecule has 2 amide bonds. The van der Waals surface area contributed by atoms with Crippen molar-refractivity contribution < 1.29 is 19.5 Å². The maximum absolute atomic E-state index is 12.1. The maximum Gasteiger partial charge on any atom is 0.336 e. The zero-order chi connectivity index (χ0) is 23.4. The molecular weight excluding hydrogens is 422 g/mol. The lowest BCUT2D eigenvalue weighted by Gasteiger charge is -2.35. The Morgan fingerprint density at radius 2 is 1.88 bits per heavy atom. The number of carbonyl (C=O) groups excluding carboxylic acids is 2. The third kappa shape index (κ3) is 5.78. The molecule has 2 aromatic rings. The Labute approximate surface area is 193 Å². The van der Waals surface area contributed by atoms with Crippen molar-refractivity contribution in [2.45, 2.75) is 32.6 Å². The summed E-state index contributed by atoms with van der Waals surface area (Å²) in [6.45, 7) is 5.90. The minimum absolute atomic E-state index is 0.0206. The van der Waals surface area contributed by atoms with E-state index in [0.29, 0.717) is 61.7 Å². The molecule has 0 unspecified atom stereocenters. The van der Waals surface area contributed by atoms with Crippen LogP contribution in [-0.4, -0.2) is 72.0 Å². The Bertz CT molecular complexity index is 1040. The SMILES string of the molecule is CCCCNC(=O)CN1CCN(c2cc(C(=O)O)c3cc(NC(=O)C4CC4)ccc3n2)CC1. The summed E-state index contributed by atoms with van der Waals surface area (Å²) >= 11 is 0. The van der Waals surface area contributed by atoms with Crippen LogP contribution in [0.5, 0.6) is 0 Å². The monoisotopic (exact) mass is 453 g/mol. The number of piperazine rings is 1. The first kappa shape index (κ1) is 23.0. The van der Waals surface area contributed by atoms with Crippen molar-refractivity contribution in [2.75, 3.05) is 49.5 Å². The van der Waals surface area contributed by atoms with Crippen molar-refractivity contribution in [2.24, 2.45) is 5.92 Å². The molecule has 1 aliphatic carbocycles. The number of nitrogens with zero attached hydrogens (tertiary/aromatic N) is 3. The summed E-state index contributed by atoms with van der Waals surface area (Å²) in [5.41, 5.74) is 1.32. The standard InChI is InChI=1S/C24H31N5O4/c1-2-3-8-25-22(30)15-28-9-11-29(12-10-28)21-14-19(24(32)33)18-13-17(6-7-20(18)27-21)26-23(31)16-4-5-16/h6-7,13-14,16H,2-5,8-12,15H2,1H3,(H,25,30)(H,26,31)(H,32,33). The Morgan fingerprint density at radius 1 is 1.12 bits per heavy atom. The van der Waals surface area contributed by atoms with Gasteiger partial charge >= 0.3 is 5.97 Å². The van der Waals surface area contributed by atoms with Gasteiger partial charge < -0.3 is 20.6 Å². The van der Waals surface area contributed by atoms with Crippen LogP contribution in [0.1, 0.15) is 43.0 Å². The molecule has 1 saturated carbocycles. The van der Waals surface area contributed by atoms with Crippen molar-refractivity contribution in [1.29, 1.82) is 0 Å². The van der Waals surface area contributed by atoms with Gasteiger partial charge in [-0.2, -0.15) is 0 Å². The molecule has 0 spiro atoms. The average molecular weight is 454 g/mol. The number of hydrogen-bond donors (Lipinski definition) is 3. The first-order valence-corrected chi connectivity index (χ1v) is 11.7. The summed E-state index contributed by atoms with van der Waals surface area (Å²) in [4.78, 5) is 45.0. The van der Waals surface area contributed by atoms with Crippen molar-refractivity contribution in [1.82, 2.24) is 15.2 Å². The molecule has 0 bridgehead atoms. The van der Waals surface area contributed by atoms with Crippen LogP contribution in [0.15, 0.2) is 24.3 Å². The van der Waals surface area contributed by atoms with E-state index in [1.807, 2.05) is 0 Å². The predicted octanol–water partition coefficient (Wildman–Crippen LogP) is 2.32. The van der Waals surface area contributed by atoms with E-state index >= 15 is 0 Å². The van der Waals surface area contributed by atoms with Gasteiger partial charge in [0, 0.05) is 49.7 Å². The number of amides is 2. The highest BCUT2D eigenvalue weighted by molar-refractivity contribution is 6.05. The molecule has 9 nitrogen and oxygen atoms in total. The van der Waals surface area contributed by atoms with Gasteiger partial charge in [-0.05, 0) is 43.5 Å². The van der Waals surface area contributed by atoms with E-state index in [1.54, 1.807) is 24.3 Å². The highest BCUT2D eigenvalue weighted by Crippen LogP contribution is 2.31. The highest BCUT2D eigenvalue weighted by Gasteiger charge is 2.29. The van der Waals surface area contributed by atoms with E-state index in [9.17, 15) is 19.5 Å². The first-order chi connectivity index (χ1) is 15.9. The number of fused-ring (bicyclic) bond motifs is 1. The highest BCUT2D eigenvalue weighted by atomic mass is 16.4. The molecule has 2 fully saturated rings. The largest absolute Gasteiger partial charge is 0.478 e. The van der Waals surface area contributed by atoms with E-state index < -0.39 is 5.97 Å². The number of rotatable bonds is 9. The number of carboxylic acid groups (broad SMARTS) is 1. The van der Waals surface area contributed by atoms with Gasteiger partial charge in [0.15, 0.2) is 0 Å². The van der Waals surface area contributed by atoms with Gasteiger partial charge in [0.25, 0.3) is 0 Å². The minimum Gasteiger partial charge on any atom is -0.478 e. The lowest BCUT2D eigenvalue weighted by atomic mass is 10.1. The van der Waals surface area contributed by atoms with E-state index in [4.69, 9.17) is 4.98 Å². The van der Waals surface area contributed by atoms with Crippen LogP contribution in [-0.2, 0) is 9.59 Å². The number of pyridine rings is 1. The van der Waals surface area contributed by atoms with E-state index in [-0.39, 0.29) is 23.3 Å². The van der Waals surface area contributed by atoms with Crippen LogP contribution in [0.25, 0.3) is 10.9 Å². The number of aromatic nitrogens is 1. The number of anilines is 2. The van der Waals surface area contributed by atoms with Crippen LogP contribution in [0.3, 0.4) is 0 Å². The molecule has 1 aliphatic heterocycles. The number of benzene rings is 1. The number of unbranched alkanes of at least 4 members (excludes halogenated alkanes) is 1. The second kappa shape index (κ2) is 10.2. The fourth-order valence-corrected chi connectivity index (χ4v) is 4.02. The molecule has 4 rings (SSSR count). The normalized spacial score (nSPS) is 16.6. The van der Waals surface area contributed by atoms with Crippen molar-refractivity contribution in [3.8, 4) is 0 Å². The molecule has 9 heteroatoms. The molecule has 0 atom stereocenters. The summed E-state index contributed by atoms with van der Waals surface area (Å²) in [5, 5.41) is 16.1. The predicted molar refractivity (Wildman–Crippen MR) is 127 cm³/mol. The summed E-state index contributed by atoms with van der Waals surface area (Å²) in [6.07, 6.45) is 3.84. The molecule has 176 valence electrons. The van der Waals surface area contributed by atoms with Gasteiger partial charge in [0.1, 0.15) is 5.82 Å². The Hall–Kier alpha value is -3.20. The third-order valence-corrected chi connectivity index (χ3v) is 6.16. The van der Waals surface area contributed by atoms with Crippen LogP contribution >= 0.6 is 0 Å². The molecule has 1 aromatic heterocycles. The Balaban J connectivity index is 1.44. The van der Waals surface area contributed by atoms with E-state index in [0.717, 1.165) is 25.7 Å². The van der Waals surface area contributed by atoms with Crippen molar-refractivity contribution >= 4 is 40.2 Å². The Morgan fingerprint density at radius 3 is 2.55 bits per heavy atom. The fraction of sp³-hybridized carbons (Fsp3) is 0.500. The number of hydrogen-bond acceptors (Lipinski definition) is 6. The molecular formula is C24H31N5O4. The zero-order valence-electron chi connectivity index (χ0n) is 19.0. The van der Waals surface area contributed by atoms with Gasteiger partial charge in [-0.25, -0.2) is 9.78 Å². The molecule has 0 radical (unpaired) electrons. The summed E-state index contributed by atoms with van der Waals surface area (Å²) in [7, 11) is 0. The quantitative estimate of drug-likeness (QED) is 0.499. The zero-order valence-corrected chi connectivity index (χ0v) is 19.0. The topological polar surface area (TPSA) is 115 Å².